The van der Waals surface area contributed by atoms with E-state index in [1.807, 2.05) is 6.92 Å². The topological polar surface area (TPSA) is 69.6 Å². The van der Waals surface area contributed by atoms with Crippen molar-refractivity contribution in [2.24, 2.45) is 0 Å². The number of anilines is 1. The first-order valence-electron chi connectivity index (χ1n) is 7.19. The van der Waals surface area contributed by atoms with Crippen LogP contribution in [-0.2, 0) is 9.59 Å². The smallest absolute Gasteiger partial charge is 0.320 e. The fourth-order valence-corrected chi connectivity index (χ4v) is 2.73. The van der Waals surface area contributed by atoms with Crippen LogP contribution in [0.3, 0.4) is 0 Å². The van der Waals surface area contributed by atoms with E-state index in [-0.39, 0.29) is 10.9 Å². The van der Waals surface area contributed by atoms with Gasteiger partial charge in [0.05, 0.1) is 11.1 Å². The molecule has 2 atom stereocenters. The van der Waals surface area contributed by atoms with Gasteiger partial charge in [-0.1, -0.05) is 24.9 Å². The number of carboxylic acids is 1. The van der Waals surface area contributed by atoms with E-state index in [1.54, 1.807) is 0 Å². The molecule has 1 amide bonds. The lowest BCUT2D eigenvalue weighted by Crippen LogP contribution is -2.47. The van der Waals surface area contributed by atoms with Gasteiger partial charge in [-0.2, -0.15) is 0 Å². The van der Waals surface area contributed by atoms with Gasteiger partial charge in [0.15, 0.2) is 0 Å². The quantitative estimate of drug-likeness (QED) is 0.841. The molecule has 0 spiro atoms. The monoisotopic (exact) mass is 328 g/mol. The lowest BCUT2D eigenvalue weighted by Gasteiger charge is -2.20. The highest BCUT2D eigenvalue weighted by atomic mass is 35.5. The van der Waals surface area contributed by atoms with Crippen molar-refractivity contribution in [1.29, 1.82) is 0 Å². The predicted molar refractivity (Wildman–Crippen MR) is 81.6 cm³/mol. The molecule has 1 saturated heterocycles. The molecule has 1 aliphatic heterocycles. The Morgan fingerprint density at radius 1 is 1.59 bits per heavy atom. The van der Waals surface area contributed by atoms with Crippen LogP contribution in [0.15, 0.2) is 18.2 Å². The molecule has 5 nitrogen and oxygen atoms in total. The fourth-order valence-electron chi connectivity index (χ4n) is 2.55. The zero-order valence-electron chi connectivity index (χ0n) is 12.2. The van der Waals surface area contributed by atoms with Crippen molar-refractivity contribution in [3.05, 3.63) is 29.0 Å². The van der Waals surface area contributed by atoms with E-state index >= 15 is 0 Å². The maximum atomic E-state index is 13.2. The molecule has 0 aliphatic carbocycles. The summed E-state index contributed by atoms with van der Waals surface area (Å²) < 4.78 is 13.2. The normalized spacial score (nSPS) is 19.5. The Labute approximate surface area is 133 Å². The van der Waals surface area contributed by atoms with Crippen molar-refractivity contribution in [2.75, 3.05) is 11.4 Å². The van der Waals surface area contributed by atoms with Crippen LogP contribution < -0.4 is 10.2 Å². The minimum Gasteiger partial charge on any atom is -0.480 e. The maximum Gasteiger partial charge on any atom is 0.320 e. The zero-order valence-corrected chi connectivity index (χ0v) is 12.9. The summed E-state index contributed by atoms with van der Waals surface area (Å²) in [4.78, 5) is 25.1. The first kappa shape index (κ1) is 16.7. The van der Waals surface area contributed by atoms with Crippen molar-refractivity contribution in [3.8, 4) is 0 Å². The fraction of sp³-hybridized carbons (Fsp3) is 0.467. The number of hydrogen-bond donors (Lipinski definition) is 2. The molecule has 1 aliphatic rings. The SMILES string of the molecule is CCCC(NC1CCN(c2ccc(F)c(Cl)c2)C1=O)C(=O)O. The molecule has 1 aromatic carbocycles. The molecular formula is C15H18ClFN2O3. The molecule has 0 radical (unpaired) electrons. The van der Waals surface area contributed by atoms with Crippen LogP contribution >= 0.6 is 11.6 Å². The number of benzene rings is 1. The molecule has 1 heterocycles. The van der Waals surface area contributed by atoms with E-state index in [9.17, 15) is 14.0 Å². The first-order chi connectivity index (χ1) is 10.4. The van der Waals surface area contributed by atoms with Crippen molar-refractivity contribution in [3.63, 3.8) is 0 Å². The molecule has 120 valence electrons. The molecule has 2 unspecified atom stereocenters. The minimum atomic E-state index is -0.960. The number of nitrogens with one attached hydrogen (secondary N) is 1. The van der Waals surface area contributed by atoms with Gasteiger partial charge < -0.3 is 10.0 Å². The summed E-state index contributed by atoms with van der Waals surface area (Å²) in [5.74, 6) is -1.72. The second-order valence-corrected chi connectivity index (χ2v) is 5.68. The Morgan fingerprint density at radius 3 is 2.91 bits per heavy atom. The van der Waals surface area contributed by atoms with Gasteiger partial charge in [-0.05, 0) is 31.0 Å². The summed E-state index contributed by atoms with van der Waals surface area (Å²) in [6, 6.07) is 2.82. The summed E-state index contributed by atoms with van der Waals surface area (Å²) in [6.45, 7) is 2.33. The molecule has 1 aromatic rings. The van der Waals surface area contributed by atoms with Crippen LogP contribution in [-0.4, -0.2) is 35.6 Å². The number of rotatable bonds is 6. The van der Waals surface area contributed by atoms with E-state index in [4.69, 9.17) is 16.7 Å². The van der Waals surface area contributed by atoms with E-state index in [0.29, 0.717) is 31.5 Å². The van der Waals surface area contributed by atoms with E-state index in [2.05, 4.69) is 5.32 Å². The Balaban J connectivity index is 2.08. The molecule has 1 fully saturated rings. The number of aliphatic carboxylic acids is 1. The van der Waals surface area contributed by atoms with Gasteiger partial charge in [0.2, 0.25) is 5.91 Å². The lowest BCUT2D eigenvalue weighted by atomic mass is 10.1. The number of carboxylic acid groups (broad SMARTS) is 1. The number of halogens is 2. The number of carbonyl (C=O) groups excluding carboxylic acids is 1. The van der Waals surface area contributed by atoms with Crippen LogP contribution in [0.4, 0.5) is 10.1 Å². The second kappa shape index (κ2) is 7.07. The number of hydrogen-bond acceptors (Lipinski definition) is 3. The molecule has 0 saturated carbocycles. The van der Waals surface area contributed by atoms with Gasteiger partial charge in [0, 0.05) is 12.2 Å². The number of amides is 1. The van der Waals surface area contributed by atoms with Crippen LogP contribution in [0.2, 0.25) is 5.02 Å². The van der Waals surface area contributed by atoms with Crippen molar-refractivity contribution in [1.82, 2.24) is 5.32 Å². The van der Waals surface area contributed by atoms with Gasteiger partial charge in [-0.25, -0.2) is 4.39 Å². The van der Waals surface area contributed by atoms with Crippen LogP contribution in [0, 0.1) is 5.82 Å². The second-order valence-electron chi connectivity index (χ2n) is 5.28. The third kappa shape index (κ3) is 3.56. The molecule has 0 aromatic heterocycles. The summed E-state index contributed by atoms with van der Waals surface area (Å²) >= 11 is 5.74. The van der Waals surface area contributed by atoms with E-state index < -0.39 is 23.9 Å². The van der Waals surface area contributed by atoms with E-state index in [1.165, 1.54) is 23.1 Å². The summed E-state index contributed by atoms with van der Waals surface area (Å²) in [5, 5.41) is 12.0. The van der Waals surface area contributed by atoms with Crippen LogP contribution in [0.1, 0.15) is 26.2 Å². The summed E-state index contributed by atoms with van der Waals surface area (Å²) in [6.07, 6.45) is 1.67. The van der Waals surface area contributed by atoms with Gasteiger partial charge >= 0.3 is 5.97 Å². The van der Waals surface area contributed by atoms with Crippen molar-refractivity contribution < 1.29 is 19.1 Å². The molecule has 22 heavy (non-hydrogen) atoms. The Bertz CT molecular complexity index is 582. The highest BCUT2D eigenvalue weighted by Gasteiger charge is 2.35. The molecule has 7 heteroatoms. The Kier molecular flexibility index (Phi) is 5.37. The van der Waals surface area contributed by atoms with Gasteiger partial charge in [0.1, 0.15) is 11.9 Å². The van der Waals surface area contributed by atoms with Gasteiger partial charge in [-0.3, -0.25) is 14.9 Å². The molecule has 2 rings (SSSR count). The molecule has 2 N–H and O–H groups in total. The maximum absolute atomic E-state index is 13.2. The summed E-state index contributed by atoms with van der Waals surface area (Å²) in [5.41, 5.74) is 0.517. The average molecular weight is 329 g/mol. The van der Waals surface area contributed by atoms with Crippen molar-refractivity contribution in [2.45, 2.75) is 38.3 Å². The molecule has 0 bridgehead atoms. The first-order valence-corrected chi connectivity index (χ1v) is 7.57. The van der Waals surface area contributed by atoms with Gasteiger partial charge in [0.25, 0.3) is 0 Å². The van der Waals surface area contributed by atoms with E-state index in [0.717, 1.165) is 0 Å². The lowest BCUT2D eigenvalue weighted by molar-refractivity contribution is -0.140. The number of nitrogens with zero attached hydrogens (tertiary/aromatic N) is 1. The zero-order chi connectivity index (χ0) is 16.3. The Morgan fingerprint density at radius 2 is 2.32 bits per heavy atom. The number of carbonyl (C=O) groups is 2. The Hall–Kier alpha value is -1.66. The van der Waals surface area contributed by atoms with Crippen molar-refractivity contribution >= 4 is 29.2 Å². The van der Waals surface area contributed by atoms with Crippen LogP contribution in [0.5, 0.6) is 0 Å². The third-order valence-electron chi connectivity index (χ3n) is 3.70. The summed E-state index contributed by atoms with van der Waals surface area (Å²) in [7, 11) is 0. The van der Waals surface area contributed by atoms with Crippen LogP contribution in [0.25, 0.3) is 0 Å². The predicted octanol–water partition coefficient (Wildman–Crippen LogP) is 2.43. The largest absolute Gasteiger partial charge is 0.480 e. The third-order valence-corrected chi connectivity index (χ3v) is 3.99. The highest BCUT2D eigenvalue weighted by Crippen LogP contribution is 2.26. The van der Waals surface area contributed by atoms with Gasteiger partial charge in [-0.15, -0.1) is 0 Å². The highest BCUT2D eigenvalue weighted by molar-refractivity contribution is 6.31. The average Bonchev–Trinajstić information content (AvgIpc) is 2.83. The molecular weight excluding hydrogens is 311 g/mol. The minimum absolute atomic E-state index is 0.0453. The standard InChI is InChI=1S/C15H18ClFN2O3/c1-2-3-13(15(21)22)18-12-6-7-19(14(12)20)9-4-5-11(17)10(16)8-9/h4-5,8,12-13,18H,2-3,6-7H2,1H3,(H,21,22).